The Morgan fingerprint density at radius 2 is 1.72 bits per heavy atom. The van der Waals surface area contributed by atoms with Gasteiger partial charge in [-0.2, -0.15) is 0 Å². The number of aromatic amines is 1. The van der Waals surface area contributed by atoms with Gasteiger partial charge in [0.25, 0.3) is 5.56 Å². The molecule has 0 bridgehead atoms. The minimum atomic E-state index is -0.210. The third-order valence-electron chi connectivity index (χ3n) is 4.50. The number of para-hydroxylation sites is 1. The van der Waals surface area contributed by atoms with E-state index in [1.54, 1.807) is 60.7 Å². The first kappa shape index (κ1) is 18.4. The fourth-order valence-corrected chi connectivity index (χ4v) is 3.01. The molecule has 6 nitrogen and oxygen atoms in total. The van der Waals surface area contributed by atoms with E-state index in [9.17, 15) is 9.59 Å². The number of methoxy groups -OCH3 is 1. The van der Waals surface area contributed by atoms with E-state index in [0.717, 1.165) is 0 Å². The van der Waals surface area contributed by atoms with Gasteiger partial charge in [0, 0.05) is 11.1 Å². The Kier molecular flexibility index (Phi) is 5.07. The lowest BCUT2D eigenvalue weighted by Crippen LogP contribution is -2.12. The van der Waals surface area contributed by atoms with Gasteiger partial charge in [0.2, 0.25) is 0 Å². The van der Waals surface area contributed by atoms with Crippen LogP contribution in [0.3, 0.4) is 0 Å². The normalized spacial score (nSPS) is 10.7. The van der Waals surface area contributed by atoms with Gasteiger partial charge in [-0.1, -0.05) is 42.5 Å². The number of Topliss-reactive ketones (excluding diaryl/α,β-unsaturated/α-hetero) is 1. The minimum absolute atomic E-state index is 0.106. The number of nitrogens with zero attached hydrogens (tertiary/aromatic N) is 1. The first-order valence-corrected chi connectivity index (χ1v) is 9.04. The molecule has 0 saturated carbocycles. The molecule has 3 aromatic carbocycles. The van der Waals surface area contributed by atoms with Crippen molar-refractivity contribution in [3.63, 3.8) is 0 Å². The van der Waals surface area contributed by atoms with E-state index in [1.165, 1.54) is 7.11 Å². The van der Waals surface area contributed by atoms with E-state index in [0.29, 0.717) is 39.4 Å². The van der Waals surface area contributed by atoms with Gasteiger partial charge in [0.05, 0.1) is 18.0 Å². The minimum Gasteiger partial charge on any atom is -0.493 e. The molecule has 29 heavy (non-hydrogen) atoms. The molecule has 144 valence electrons. The smallest absolute Gasteiger partial charge is 0.259 e. The molecular weight excluding hydrogens is 368 g/mol. The summed E-state index contributed by atoms with van der Waals surface area (Å²) in [5, 5.41) is 0.530. The van der Waals surface area contributed by atoms with Gasteiger partial charge in [-0.15, -0.1) is 0 Å². The van der Waals surface area contributed by atoms with E-state index < -0.39 is 0 Å². The van der Waals surface area contributed by atoms with Crippen LogP contribution in [0.15, 0.2) is 77.6 Å². The van der Waals surface area contributed by atoms with Crippen LogP contribution < -0.4 is 15.0 Å². The van der Waals surface area contributed by atoms with Crippen LogP contribution >= 0.6 is 0 Å². The number of nitrogens with one attached hydrogen (secondary N) is 1. The molecule has 1 N–H and O–H groups in total. The second-order valence-electron chi connectivity index (χ2n) is 6.38. The predicted octanol–water partition coefficient (Wildman–Crippen LogP) is 3.86. The molecule has 0 radical (unpaired) electrons. The van der Waals surface area contributed by atoms with Crippen LogP contribution in [0.5, 0.6) is 11.5 Å². The summed E-state index contributed by atoms with van der Waals surface area (Å²) in [6.07, 6.45) is 0. The first-order valence-electron chi connectivity index (χ1n) is 9.04. The molecule has 1 heterocycles. The second-order valence-corrected chi connectivity index (χ2v) is 6.38. The molecule has 4 rings (SSSR count). The number of benzene rings is 3. The maximum atomic E-state index is 12.3. The van der Waals surface area contributed by atoms with Crippen molar-refractivity contribution in [3.8, 4) is 22.9 Å². The Bertz CT molecular complexity index is 1230. The number of hydrogen-bond acceptors (Lipinski definition) is 5. The monoisotopic (exact) mass is 386 g/mol. The number of carbonyl (C=O) groups is 1. The number of ether oxygens (including phenoxy) is 2. The summed E-state index contributed by atoms with van der Waals surface area (Å²) >= 11 is 0. The molecule has 0 aliphatic rings. The Morgan fingerprint density at radius 1 is 0.966 bits per heavy atom. The largest absolute Gasteiger partial charge is 0.493 e. The summed E-state index contributed by atoms with van der Waals surface area (Å²) in [6, 6.07) is 21.3. The highest BCUT2D eigenvalue weighted by molar-refractivity contribution is 5.97. The molecule has 0 amide bonds. The maximum absolute atomic E-state index is 12.3. The number of H-pyrrole nitrogens is 1. The van der Waals surface area contributed by atoms with Crippen LogP contribution in [-0.2, 0) is 0 Å². The van der Waals surface area contributed by atoms with Crippen LogP contribution in [0.1, 0.15) is 10.4 Å². The van der Waals surface area contributed by atoms with Crippen LogP contribution in [0.25, 0.3) is 22.3 Å². The lowest BCUT2D eigenvalue weighted by atomic mass is 10.1. The van der Waals surface area contributed by atoms with Crippen molar-refractivity contribution in [3.05, 3.63) is 88.7 Å². The van der Waals surface area contributed by atoms with Crippen molar-refractivity contribution in [2.24, 2.45) is 0 Å². The maximum Gasteiger partial charge on any atom is 0.259 e. The lowest BCUT2D eigenvalue weighted by molar-refractivity contribution is 0.0919. The number of ketones is 1. The van der Waals surface area contributed by atoms with Gasteiger partial charge in [-0.05, 0) is 30.3 Å². The van der Waals surface area contributed by atoms with Gasteiger partial charge in [-0.25, -0.2) is 4.98 Å². The summed E-state index contributed by atoms with van der Waals surface area (Å²) in [4.78, 5) is 31.9. The molecule has 6 heteroatoms. The first-order chi connectivity index (χ1) is 14.2. The summed E-state index contributed by atoms with van der Waals surface area (Å²) in [7, 11) is 1.52. The van der Waals surface area contributed by atoms with E-state index in [4.69, 9.17) is 9.47 Å². The van der Waals surface area contributed by atoms with Crippen molar-refractivity contribution in [1.82, 2.24) is 9.97 Å². The molecule has 4 aromatic rings. The van der Waals surface area contributed by atoms with Gasteiger partial charge in [0.15, 0.2) is 23.9 Å². The van der Waals surface area contributed by atoms with Crippen LogP contribution in [-0.4, -0.2) is 29.5 Å². The summed E-state index contributed by atoms with van der Waals surface area (Å²) in [6.45, 7) is -0.106. The number of fused-ring (bicyclic) bond motifs is 1. The third kappa shape index (κ3) is 3.87. The Morgan fingerprint density at radius 3 is 2.52 bits per heavy atom. The standard InChI is InChI=1S/C23H18N2O4/c1-28-21-13-16(22-24-18-10-6-5-9-17(18)23(27)25-22)11-12-20(21)29-14-19(26)15-7-3-2-4-8-15/h2-13H,14H2,1H3,(H,24,25,27). The quantitative estimate of drug-likeness (QED) is 0.509. The zero-order valence-corrected chi connectivity index (χ0v) is 15.7. The number of hydrogen-bond donors (Lipinski definition) is 1. The Labute approximate surface area is 166 Å². The SMILES string of the molecule is COc1cc(-c2nc3ccccc3c(=O)[nH]2)ccc1OCC(=O)c1ccccc1. The molecule has 0 fully saturated rings. The van der Waals surface area contributed by atoms with E-state index in [2.05, 4.69) is 9.97 Å². The second kappa shape index (κ2) is 7.98. The molecule has 0 saturated heterocycles. The van der Waals surface area contributed by atoms with Crippen molar-refractivity contribution in [2.45, 2.75) is 0 Å². The molecular formula is C23H18N2O4. The van der Waals surface area contributed by atoms with E-state index in [-0.39, 0.29) is 17.9 Å². The predicted molar refractivity (Wildman–Crippen MR) is 111 cm³/mol. The van der Waals surface area contributed by atoms with Crippen molar-refractivity contribution in [2.75, 3.05) is 13.7 Å². The summed E-state index contributed by atoms with van der Waals surface area (Å²) in [5.41, 5.74) is 1.66. The fraction of sp³-hybridized carbons (Fsp3) is 0.0870. The third-order valence-corrected chi connectivity index (χ3v) is 4.50. The number of carbonyl (C=O) groups excluding carboxylic acids is 1. The zero-order valence-electron chi connectivity index (χ0n) is 15.7. The highest BCUT2D eigenvalue weighted by atomic mass is 16.5. The number of rotatable bonds is 6. The van der Waals surface area contributed by atoms with Crippen molar-refractivity contribution in [1.29, 1.82) is 0 Å². The lowest BCUT2D eigenvalue weighted by Gasteiger charge is -2.12. The van der Waals surface area contributed by atoms with Crippen molar-refractivity contribution >= 4 is 16.7 Å². The highest BCUT2D eigenvalue weighted by Gasteiger charge is 2.12. The fourth-order valence-electron chi connectivity index (χ4n) is 3.01. The Hall–Kier alpha value is -3.93. The molecule has 0 atom stereocenters. The van der Waals surface area contributed by atoms with Gasteiger partial charge in [-0.3, -0.25) is 9.59 Å². The molecule has 0 spiro atoms. The number of aromatic nitrogens is 2. The summed E-state index contributed by atoms with van der Waals surface area (Å²) in [5.74, 6) is 1.18. The Balaban J connectivity index is 1.60. The van der Waals surface area contributed by atoms with Crippen LogP contribution in [0.2, 0.25) is 0 Å². The van der Waals surface area contributed by atoms with Gasteiger partial charge >= 0.3 is 0 Å². The average Bonchev–Trinajstić information content (AvgIpc) is 2.78. The highest BCUT2D eigenvalue weighted by Crippen LogP contribution is 2.31. The van der Waals surface area contributed by atoms with Crippen LogP contribution in [0.4, 0.5) is 0 Å². The molecule has 0 aliphatic carbocycles. The average molecular weight is 386 g/mol. The molecule has 0 unspecified atom stereocenters. The van der Waals surface area contributed by atoms with E-state index in [1.807, 2.05) is 12.1 Å². The van der Waals surface area contributed by atoms with Gasteiger partial charge in [0.1, 0.15) is 5.82 Å². The van der Waals surface area contributed by atoms with E-state index >= 15 is 0 Å². The van der Waals surface area contributed by atoms with Crippen molar-refractivity contribution < 1.29 is 14.3 Å². The topological polar surface area (TPSA) is 81.3 Å². The molecule has 1 aromatic heterocycles. The molecule has 0 aliphatic heterocycles. The van der Waals surface area contributed by atoms with Crippen LogP contribution in [0, 0.1) is 0 Å². The van der Waals surface area contributed by atoms with Gasteiger partial charge < -0.3 is 14.5 Å². The zero-order chi connectivity index (χ0) is 20.2. The summed E-state index contributed by atoms with van der Waals surface area (Å²) < 4.78 is 11.1.